The van der Waals surface area contributed by atoms with E-state index in [9.17, 15) is 13.2 Å². The Hall–Kier alpha value is -1.64. The summed E-state index contributed by atoms with van der Waals surface area (Å²) in [5.41, 5.74) is 0.743. The number of carbonyl (C=O) groups is 1. The number of aliphatic carboxylic acids is 1. The first-order valence-electron chi connectivity index (χ1n) is 5.71. The molecule has 0 saturated heterocycles. The van der Waals surface area contributed by atoms with Crippen LogP contribution in [0.4, 0.5) is 0 Å². The van der Waals surface area contributed by atoms with E-state index in [1.54, 1.807) is 13.0 Å². The van der Waals surface area contributed by atoms with E-state index in [1.165, 1.54) is 26.4 Å². The third-order valence-electron chi connectivity index (χ3n) is 2.63. The zero-order valence-corrected chi connectivity index (χ0v) is 12.2. The lowest BCUT2D eigenvalue weighted by atomic mass is 10.2. The molecule has 1 aromatic carbocycles. The molecule has 1 atom stereocenters. The topological polar surface area (TPSA) is 102 Å². The number of methoxy groups -OCH3 is 2. The molecule has 0 aromatic heterocycles. The third-order valence-corrected chi connectivity index (χ3v) is 4.07. The van der Waals surface area contributed by atoms with Crippen LogP contribution < -0.4 is 9.46 Å². The summed E-state index contributed by atoms with van der Waals surface area (Å²) in [6, 6.07) is 4.70. The van der Waals surface area contributed by atoms with Crippen molar-refractivity contribution >= 4 is 16.0 Å². The summed E-state index contributed by atoms with van der Waals surface area (Å²) in [6.45, 7) is 1.37. The van der Waals surface area contributed by atoms with E-state index < -0.39 is 22.1 Å². The number of aryl methyl sites for hydroxylation is 1. The van der Waals surface area contributed by atoms with Crippen LogP contribution in [0.3, 0.4) is 0 Å². The monoisotopic (exact) mass is 303 g/mol. The minimum absolute atomic E-state index is 0.0414. The molecule has 8 heteroatoms. The van der Waals surface area contributed by atoms with E-state index in [4.69, 9.17) is 9.84 Å². The van der Waals surface area contributed by atoms with Crippen molar-refractivity contribution in [3.8, 4) is 5.75 Å². The van der Waals surface area contributed by atoms with E-state index in [2.05, 4.69) is 9.46 Å². The number of sulfonamides is 1. The van der Waals surface area contributed by atoms with Gasteiger partial charge < -0.3 is 14.6 Å². The predicted octanol–water partition coefficient (Wildman–Crippen LogP) is 0.382. The van der Waals surface area contributed by atoms with Crippen molar-refractivity contribution in [3.05, 3.63) is 23.8 Å². The molecule has 1 unspecified atom stereocenters. The Balaban J connectivity index is 3.00. The lowest BCUT2D eigenvalue weighted by Crippen LogP contribution is -2.37. The smallest absolute Gasteiger partial charge is 0.334 e. The highest BCUT2D eigenvalue weighted by molar-refractivity contribution is 7.89. The molecule has 112 valence electrons. The van der Waals surface area contributed by atoms with Gasteiger partial charge in [0.25, 0.3) is 0 Å². The van der Waals surface area contributed by atoms with Crippen LogP contribution in [0.15, 0.2) is 23.1 Å². The fourth-order valence-corrected chi connectivity index (χ4v) is 2.81. The molecule has 7 nitrogen and oxygen atoms in total. The van der Waals surface area contributed by atoms with Crippen molar-refractivity contribution < 1.29 is 27.8 Å². The van der Waals surface area contributed by atoms with Gasteiger partial charge in [-0.1, -0.05) is 6.07 Å². The van der Waals surface area contributed by atoms with Gasteiger partial charge in [-0.2, -0.15) is 0 Å². The number of ether oxygens (including phenoxy) is 2. The van der Waals surface area contributed by atoms with Gasteiger partial charge in [-0.25, -0.2) is 17.9 Å². The van der Waals surface area contributed by atoms with Gasteiger partial charge in [-0.15, -0.1) is 0 Å². The maximum Gasteiger partial charge on any atom is 0.334 e. The van der Waals surface area contributed by atoms with Crippen molar-refractivity contribution in [2.45, 2.75) is 17.9 Å². The summed E-state index contributed by atoms with van der Waals surface area (Å²) >= 11 is 0. The van der Waals surface area contributed by atoms with Gasteiger partial charge in [0.1, 0.15) is 10.6 Å². The number of rotatable bonds is 7. The Morgan fingerprint density at radius 3 is 2.55 bits per heavy atom. The lowest BCUT2D eigenvalue weighted by molar-refractivity contribution is -0.147. The minimum Gasteiger partial charge on any atom is -0.495 e. The molecule has 0 heterocycles. The molecule has 2 N–H and O–H groups in total. The Labute approximate surface area is 117 Å². The van der Waals surface area contributed by atoms with Crippen LogP contribution in [0.1, 0.15) is 5.56 Å². The van der Waals surface area contributed by atoms with Crippen LogP contribution in [-0.4, -0.2) is 46.4 Å². The molecule has 0 bridgehead atoms. The van der Waals surface area contributed by atoms with Crippen molar-refractivity contribution in [3.63, 3.8) is 0 Å². The Kier molecular flexibility index (Phi) is 5.49. The van der Waals surface area contributed by atoms with Crippen LogP contribution in [0.2, 0.25) is 0 Å². The molecular weight excluding hydrogens is 286 g/mol. The van der Waals surface area contributed by atoms with Gasteiger partial charge in [0.2, 0.25) is 10.0 Å². The summed E-state index contributed by atoms with van der Waals surface area (Å²) in [4.78, 5) is 10.7. The highest BCUT2D eigenvalue weighted by Crippen LogP contribution is 2.24. The Morgan fingerprint density at radius 1 is 1.40 bits per heavy atom. The Morgan fingerprint density at radius 2 is 2.05 bits per heavy atom. The molecule has 0 spiro atoms. The summed E-state index contributed by atoms with van der Waals surface area (Å²) in [5, 5.41) is 8.80. The number of nitrogens with one attached hydrogen (secondary N) is 1. The first kappa shape index (κ1) is 16.4. The minimum atomic E-state index is -3.88. The van der Waals surface area contributed by atoms with Gasteiger partial charge >= 0.3 is 5.97 Å². The fourth-order valence-electron chi connectivity index (χ4n) is 1.53. The molecule has 1 aromatic rings. The molecule has 0 amide bonds. The van der Waals surface area contributed by atoms with E-state index >= 15 is 0 Å². The third kappa shape index (κ3) is 3.92. The quantitative estimate of drug-likeness (QED) is 0.755. The van der Waals surface area contributed by atoms with Gasteiger partial charge in [-0.3, -0.25) is 0 Å². The maximum atomic E-state index is 12.2. The van der Waals surface area contributed by atoms with Gasteiger partial charge in [0, 0.05) is 13.7 Å². The molecular formula is C12H17NO6S. The van der Waals surface area contributed by atoms with E-state index in [1.807, 2.05) is 0 Å². The average Bonchev–Trinajstić information content (AvgIpc) is 2.38. The molecule has 0 saturated carbocycles. The van der Waals surface area contributed by atoms with Crippen LogP contribution in [0, 0.1) is 6.92 Å². The summed E-state index contributed by atoms with van der Waals surface area (Å²) in [6.07, 6.45) is -1.25. The molecule has 0 aliphatic heterocycles. The second-order valence-electron chi connectivity index (χ2n) is 4.07. The van der Waals surface area contributed by atoms with E-state index in [0.717, 1.165) is 5.56 Å². The average molecular weight is 303 g/mol. The van der Waals surface area contributed by atoms with Crippen LogP contribution >= 0.6 is 0 Å². The number of benzene rings is 1. The normalized spacial score (nSPS) is 12.9. The number of hydrogen-bond donors (Lipinski definition) is 2. The van der Waals surface area contributed by atoms with Gasteiger partial charge in [0.05, 0.1) is 7.11 Å². The second kappa shape index (κ2) is 6.69. The van der Waals surface area contributed by atoms with Crippen LogP contribution in [0.5, 0.6) is 5.75 Å². The van der Waals surface area contributed by atoms with Crippen molar-refractivity contribution in [1.29, 1.82) is 0 Å². The SMILES string of the molecule is COc1ccc(C)cc1S(=O)(=O)NCC(OC)C(=O)O. The lowest BCUT2D eigenvalue weighted by Gasteiger charge is -2.14. The fraction of sp³-hybridized carbons (Fsp3) is 0.417. The molecule has 0 aliphatic rings. The molecule has 0 aliphatic carbocycles. The van der Waals surface area contributed by atoms with Crippen molar-refractivity contribution in [2.75, 3.05) is 20.8 Å². The summed E-state index contributed by atoms with van der Waals surface area (Å²) in [7, 11) is -1.33. The first-order valence-corrected chi connectivity index (χ1v) is 7.20. The van der Waals surface area contributed by atoms with E-state index in [0.29, 0.717) is 0 Å². The van der Waals surface area contributed by atoms with Crippen molar-refractivity contribution in [1.82, 2.24) is 4.72 Å². The molecule has 1 rings (SSSR count). The number of carboxylic acid groups (broad SMARTS) is 1. The molecule has 20 heavy (non-hydrogen) atoms. The van der Waals surface area contributed by atoms with Gasteiger partial charge in [-0.05, 0) is 24.6 Å². The highest BCUT2D eigenvalue weighted by atomic mass is 32.2. The summed E-state index contributed by atoms with van der Waals surface area (Å²) in [5.74, 6) is -1.06. The van der Waals surface area contributed by atoms with Crippen LogP contribution in [0.25, 0.3) is 0 Å². The number of hydrogen-bond acceptors (Lipinski definition) is 5. The van der Waals surface area contributed by atoms with Gasteiger partial charge in [0.15, 0.2) is 6.10 Å². The Bertz CT molecular complexity index is 584. The highest BCUT2D eigenvalue weighted by Gasteiger charge is 2.23. The first-order chi connectivity index (χ1) is 9.31. The number of carboxylic acids is 1. The zero-order valence-electron chi connectivity index (χ0n) is 11.4. The maximum absolute atomic E-state index is 12.2. The van der Waals surface area contributed by atoms with E-state index in [-0.39, 0.29) is 17.2 Å². The summed E-state index contributed by atoms with van der Waals surface area (Å²) < 4.78 is 36.2. The largest absolute Gasteiger partial charge is 0.495 e. The zero-order chi connectivity index (χ0) is 15.3. The predicted molar refractivity (Wildman–Crippen MR) is 71.4 cm³/mol. The second-order valence-corrected chi connectivity index (χ2v) is 5.80. The molecule has 0 fully saturated rings. The molecule has 0 radical (unpaired) electrons. The van der Waals surface area contributed by atoms with Crippen molar-refractivity contribution in [2.24, 2.45) is 0 Å². The standard InChI is InChI=1S/C12H17NO6S/c1-8-4-5-9(18-2)11(6-8)20(16,17)13-7-10(19-3)12(14)15/h4-6,10,13H,7H2,1-3H3,(H,14,15). The van der Waals surface area contributed by atoms with Crippen LogP contribution in [-0.2, 0) is 19.6 Å².